The first-order chi connectivity index (χ1) is 10.8. The van der Waals surface area contributed by atoms with E-state index >= 15 is 0 Å². The summed E-state index contributed by atoms with van der Waals surface area (Å²) in [5.74, 6) is 0.838. The number of hydrogen-bond acceptors (Lipinski definition) is 4. The number of rotatable bonds is 3. The third-order valence-corrected chi connectivity index (χ3v) is 4.01. The molecule has 0 aliphatic carbocycles. The number of aromatic nitrogens is 1. The number of benzene rings is 1. The highest BCUT2D eigenvalue weighted by atomic mass is 19.4. The van der Waals surface area contributed by atoms with Crippen LogP contribution in [0.25, 0.3) is 11.5 Å². The van der Waals surface area contributed by atoms with E-state index in [0.29, 0.717) is 17.9 Å². The largest absolute Gasteiger partial charge is 0.441 e. The van der Waals surface area contributed by atoms with Crippen LogP contribution >= 0.6 is 0 Å². The first kappa shape index (κ1) is 16.0. The maximum absolute atomic E-state index is 12.8. The van der Waals surface area contributed by atoms with Gasteiger partial charge in [-0.3, -0.25) is 4.90 Å². The van der Waals surface area contributed by atoms with Crippen LogP contribution in [0.15, 0.2) is 28.7 Å². The number of halogens is 3. The molecule has 3 rings (SSSR count). The van der Waals surface area contributed by atoms with Crippen molar-refractivity contribution >= 4 is 0 Å². The molecule has 4 nitrogen and oxygen atoms in total. The van der Waals surface area contributed by atoms with Crippen LogP contribution in [0.5, 0.6) is 0 Å². The highest BCUT2D eigenvalue weighted by Gasteiger charge is 2.31. The van der Waals surface area contributed by atoms with E-state index in [9.17, 15) is 13.2 Å². The molecular formula is C16H18F3N3O. The van der Waals surface area contributed by atoms with Crippen molar-refractivity contribution in [1.82, 2.24) is 9.88 Å². The monoisotopic (exact) mass is 325 g/mol. The molecule has 0 bridgehead atoms. The van der Waals surface area contributed by atoms with Crippen molar-refractivity contribution < 1.29 is 17.6 Å². The van der Waals surface area contributed by atoms with Gasteiger partial charge >= 0.3 is 6.18 Å². The molecule has 1 saturated heterocycles. The van der Waals surface area contributed by atoms with Crippen LogP contribution in [-0.2, 0) is 12.7 Å². The van der Waals surface area contributed by atoms with Crippen molar-refractivity contribution in [3.8, 4) is 11.5 Å². The maximum atomic E-state index is 12.8. The van der Waals surface area contributed by atoms with Gasteiger partial charge in [-0.2, -0.15) is 13.2 Å². The SMILES string of the molecule is Cc1oc(-c2cccc(C(F)(F)F)c2)nc1CN1CC[C@H](N)C1. The molecule has 0 unspecified atom stereocenters. The Morgan fingerprint density at radius 3 is 2.83 bits per heavy atom. The van der Waals surface area contributed by atoms with E-state index in [1.807, 2.05) is 0 Å². The lowest BCUT2D eigenvalue weighted by Gasteiger charge is -2.12. The molecule has 0 amide bonds. The van der Waals surface area contributed by atoms with E-state index in [-0.39, 0.29) is 11.9 Å². The summed E-state index contributed by atoms with van der Waals surface area (Å²) in [7, 11) is 0. The lowest BCUT2D eigenvalue weighted by molar-refractivity contribution is -0.137. The van der Waals surface area contributed by atoms with Crippen LogP contribution in [0.3, 0.4) is 0 Å². The Kier molecular flexibility index (Phi) is 4.16. The second-order valence-electron chi connectivity index (χ2n) is 5.88. The first-order valence-electron chi connectivity index (χ1n) is 7.45. The zero-order chi connectivity index (χ0) is 16.6. The minimum absolute atomic E-state index is 0.171. The van der Waals surface area contributed by atoms with Crippen LogP contribution in [-0.4, -0.2) is 29.0 Å². The van der Waals surface area contributed by atoms with Crippen molar-refractivity contribution in [2.45, 2.75) is 32.1 Å². The second-order valence-corrected chi connectivity index (χ2v) is 5.88. The second kappa shape index (κ2) is 5.98. The Labute approximate surface area is 132 Å². The Balaban J connectivity index is 1.83. The van der Waals surface area contributed by atoms with Crippen LogP contribution in [0.4, 0.5) is 13.2 Å². The molecule has 0 radical (unpaired) electrons. The average Bonchev–Trinajstić information content (AvgIpc) is 3.05. The average molecular weight is 325 g/mol. The van der Waals surface area contributed by atoms with E-state index < -0.39 is 11.7 Å². The van der Waals surface area contributed by atoms with Gasteiger partial charge < -0.3 is 10.2 Å². The zero-order valence-electron chi connectivity index (χ0n) is 12.7. The van der Waals surface area contributed by atoms with E-state index in [1.165, 1.54) is 6.07 Å². The number of aryl methyl sites for hydroxylation is 1. The fraction of sp³-hybridized carbons (Fsp3) is 0.438. The fourth-order valence-electron chi connectivity index (χ4n) is 2.74. The van der Waals surface area contributed by atoms with Crippen LogP contribution in [0, 0.1) is 6.92 Å². The molecule has 1 aromatic carbocycles. The topological polar surface area (TPSA) is 55.3 Å². The normalized spacial score (nSPS) is 19.4. The first-order valence-corrected chi connectivity index (χ1v) is 7.45. The Morgan fingerprint density at radius 1 is 1.39 bits per heavy atom. The maximum Gasteiger partial charge on any atom is 0.416 e. The predicted octanol–water partition coefficient (Wildman–Crippen LogP) is 3.20. The molecular weight excluding hydrogens is 307 g/mol. The molecule has 23 heavy (non-hydrogen) atoms. The molecule has 2 heterocycles. The van der Waals surface area contributed by atoms with Gasteiger partial charge in [-0.05, 0) is 31.5 Å². The van der Waals surface area contributed by atoms with Gasteiger partial charge in [0.25, 0.3) is 0 Å². The number of hydrogen-bond donors (Lipinski definition) is 1. The fourth-order valence-corrected chi connectivity index (χ4v) is 2.74. The summed E-state index contributed by atoms with van der Waals surface area (Å²) in [6.45, 7) is 4.06. The Bertz CT molecular complexity index is 696. The van der Waals surface area contributed by atoms with Crippen molar-refractivity contribution in [3.05, 3.63) is 41.3 Å². The van der Waals surface area contributed by atoms with E-state index in [4.69, 9.17) is 10.2 Å². The number of oxazole rings is 1. The summed E-state index contributed by atoms with van der Waals surface area (Å²) in [6.07, 6.45) is -3.44. The van der Waals surface area contributed by atoms with Crippen LogP contribution in [0.2, 0.25) is 0 Å². The molecule has 0 spiro atoms. The predicted molar refractivity (Wildman–Crippen MR) is 79.5 cm³/mol. The quantitative estimate of drug-likeness (QED) is 0.941. The molecule has 2 aromatic rings. The van der Waals surface area contributed by atoms with Gasteiger partial charge in [-0.1, -0.05) is 6.07 Å². The zero-order valence-corrected chi connectivity index (χ0v) is 12.7. The van der Waals surface area contributed by atoms with Gasteiger partial charge in [0.05, 0.1) is 11.3 Å². The number of nitrogens with two attached hydrogens (primary N) is 1. The molecule has 1 aromatic heterocycles. The summed E-state index contributed by atoms with van der Waals surface area (Å²) in [4.78, 5) is 6.55. The minimum atomic E-state index is -4.38. The highest BCUT2D eigenvalue weighted by molar-refractivity contribution is 5.55. The van der Waals surface area contributed by atoms with Crippen molar-refractivity contribution in [3.63, 3.8) is 0 Å². The van der Waals surface area contributed by atoms with Gasteiger partial charge in [-0.15, -0.1) is 0 Å². The molecule has 7 heteroatoms. The summed E-state index contributed by atoms with van der Waals surface area (Å²) in [5, 5.41) is 0. The van der Waals surface area contributed by atoms with Crippen molar-refractivity contribution in [2.75, 3.05) is 13.1 Å². The van der Waals surface area contributed by atoms with E-state index in [0.717, 1.165) is 37.3 Å². The minimum Gasteiger partial charge on any atom is -0.441 e. The van der Waals surface area contributed by atoms with E-state index in [2.05, 4.69) is 9.88 Å². The molecule has 1 atom stereocenters. The molecule has 1 fully saturated rings. The van der Waals surface area contributed by atoms with Gasteiger partial charge in [0.2, 0.25) is 5.89 Å². The summed E-state index contributed by atoms with van der Waals surface area (Å²) in [5.41, 5.74) is 6.24. The van der Waals surface area contributed by atoms with Gasteiger partial charge in [0.15, 0.2) is 0 Å². The van der Waals surface area contributed by atoms with Crippen molar-refractivity contribution in [1.29, 1.82) is 0 Å². The van der Waals surface area contributed by atoms with Gasteiger partial charge in [0.1, 0.15) is 5.76 Å². The number of nitrogens with zero attached hydrogens (tertiary/aromatic N) is 2. The lowest BCUT2D eigenvalue weighted by atomic mass is 10.1. The molecule has 1 aliphatic heterocycles. The molecule has 124 valence electrons. The molecule has 2 N–H and O–H groups in total. The third kappa shape index (κ3) is 3.56. The summed E-state index contributed by atoms with van der Waals surface area (Å²) < 4.78 is 44.0. The van der Waals surface area contributed by atoms with Crippen LogP contribution < -0.4 is 5.73 Å². The molecule has 0 saturated carbocycles. The highest BCUT2D eigenvalue weighted by Crippen LogP contribution is 2.32. The Morgan fingerprint density at radius 2 is 2.17 bits per heavy atom. The number of likely N-dealkylation sites (tertiary alicyclic amines) is 1. The number of alkyl halides is 3. The van der Waals surface area contributed by atoms with Crippen molar-refractivity contribution in [2.24, 2.45) is 5.73 Å². The standard InChI is InChI=1S/C16H18F3N3O/c1-10-14(9-22-6-5-13(20)8-22)21-15(23-10)11-3-2-4-12(7-11)16(17,18)19/h2-4,7,13H,5-6,8-9,20H2,1H3/t13-/m0/s1. The summed E-state index contributed by atoms with van der Waals surface area (Å²) >= 11 is 0. The third-order valence-electron chi connectivity index (χ3n) is 4.01. The lowest BCUT2D eigenvalue weighted by Crippen LogP contribution is -2.26. The van der Waals surface area contributed by atoms with E-state index in [1.54, 1.807) is 13.0 Å². The van der Waals surface area contributed by atoms with Crippen LogP contribution in [0.1, 0.15) is 23.4 Å². The molecule has 1 aliphatic rings. The van der Waals surface area contributed by atoms with Gasteiger partial charge in [-0.25, -0.2) is 4.98 Å². The smallest absolute Gasteiger partial charge is 0.416 e. The summed E-state index contributed by atoms with van der Waals surface area (Å²) in [6, 6.07) is 5.18. The van der Waals surface area contributed by atoms with Gasteiger partial charge in [0, 0.05) is 31.2 Å². The Hall–Kier alpha value is -1.86.